The first-order chi connectivity index (χ1) is 17.6. The highest BCUT2D eigenvalue weighted by molar-refractivity contribution is 5.90. The van der Waals surface area contributed by atoms with E-state index in [9.17, 15) is 22.8 Å². The van der Waals surface area contributed by atoms with Crippen LogP contribution < -0.4 is 20.3 Å². The van der Waals surface area contributed by atoms with Gasteiger partial charge >= 0.3 is 6.18 Å². The quantitative estimate of drug-likeness (QED) is 0.350. The van der Waals surface area contributed by atoms with Crippen molar-refractivity contribution in [2.75, 3.05) is 19.1 Å². The third-order valence-corrected chi connectivity index (χ3v) is 6.45. The highest BCUT2D eigenvalue weighted by Gasteiger charge is 2.30. The minimum Gasteiger partial charge on any atom is -0.496 e. The van der Waals surface area contributed by atoms with Gasteiger partial charge in [-0.25, -0.2) is 0 Å². The van der Waals surface area contributed by atoms with Crippen molar-refractivity contribution >= 4 is 28.8 Å². The van der Waals surface area contributed by atoms with Crippen LogP contribution in [-0.2, 0) is 28.7 Å². The van der Waals surface area contributed by atoms with E-state index >= 15 is 0 Å². The molecule has 0 aliphatic rings. The van der Waals surface area contributed by atoms with Gasteiger partial charge < -0.3 is 20.3 Å². The molecule has 3 aromatic rings. The molecule has 37 heavy (non-hydrogen) atoms. The first-order valence-corrected chi connectivity index (χ1v) is 12.0. The number of likely N-dealkylation sites (N-methyl/N-ethyl adjacent to an activating group) is 1. The van der Waals surface area contributed by atoms with Crippen LogP contribution in [0.2, 0.25) is 0 Å². The van der Waals surface area contributed by atoms with Gasteiger partial charge in [0.05, 0.1) is 25.3 Å². The van der Waals surface area contributed by atoms with Crippen LogP contribution in [0.4, 0.5) is 18.9 Å². The summed E-state index contributed by atoms with van der Waals surface area (Å²) in [7, 11) is 3.21. The molecule has 0 spiro atoms. The number of ether oxygens (including phenoxy) is 1. The Balaban J connectivity index is 1.88. The normalized spacial score (nSPS) is 13.2. The summed E-state index contributed by atoms with van der Waals surface area (Å²) in [5.74, 6) is 0.390. The Morgan fingerprint density at radius 1 is 1.11 bits per heavy atom. The highest BCUT2D eigenvalue weighted by Crippen LogP contribution is 2.36. The van der Waals surface area contributed by atoms with Crippen molar-refractivity contribution in [3.05, 3.63) is 71.3 Å². The van der Waals surface area contributed by atoms with Gasteiger partial charge in [0.2, 0.25) is 12.3 Å². The summed E-state index contributed by atoms with van der Waals surface area (Å²) in [6.45, 7) is 3.82. The molecule has 0 heterocycles. The number of methoxy groups -OCH3 is 1. The molecule has 0 bridgehead atoms. The number of rotatable bonds is 11. The number of para-hydroxylation sites is 1. The maximum absolute atomic E-state index is 13.2. The number of alkyl halides is 3. The van der Waals surface area contributed by atoms with E-state index in [0.29, 0.717) is 47.0 Å². The summed E-state index contributed by atoms with van der Waals surface area (Å²) in [4.78, 5) is 25.9. The van der Waals surface area contributed by atoms with Crippen LogP contribution in [0.5, 0.6) is 5.75 Å². The zero-order valence-electron chi connectivity index (χ0n) is 21.4. The molecule has 0 aliphatic carbocycles. The van der Waals surface area contributed by atoms with Crippen molar-refractivity contribution in [3.8, 4) is 5.75 Å². The molecule has 198 valence electrons. The number of hydrogen-bond donors (Lipinski definition) is 2. The molecule has 0 aromatic heterocycles. The number of nitrogens with one attached hydrogen (secondary N) is 2. The maximum Gasteiger partial charge on any atom is 0.416 e. The third-order valence-electron chi connectivity index (χ3n) is 6.45. The molecule has 0 saturated heterocycles. The standard InChI is InChI=1S/C28H32F3N3O3/c1-18(33-27(36)19(2)32-3)9-10-20-7-5-6-8-25(20)34(17-35)16-24-23-13-12-22(28(29,30)31)15-21(23)11-14-26(24)37-4/h5-8,11-15,17-19,32H,9-10,16H2,1-4H3,(H,33,36)/t18?,19-/m0/s1. The summed E-state index contributed by atoms with van der Waals surface area (Å²) >= 11 is 0. The van der Waals surface area contributed by atoms with Crippen molar-refractivity contribution in [1.29, 1.82) is 0 Å². The van der Waals surface area contributed by atoms with Gasteiger partial charge in [-0.05, 0) is 74.3 Å². The van der Waals surface area contributed by atoms with Gasteiger partial charge in [-0.1, -0.05) is 30.3 Å². The minimum atomic E-state index is -4.45. The van der Waals surface area contributed by atoms with Crippen molar-refractivity contribution in [3.63, 3.8) is 0 Å². The van der Waals surface area contributed by atoms with Crippen molar-refractivity contribution in [2.24, 2.45) is 0 Å². The highest BCUT2D eigenvalue weighted by atomic mass is 19.4. The third kappa shape index (κ3) is 6.80. The SMILES string of the molecule is CN[C@@H](C)C(=O)NC(C)CCc1ccccc1N(C=O)Cc1c(OC)ccc2cc(C(F)(F)F)ccc12. The first kappa shape index (κ1) is 28.0. The largest absolute Gasteiger partial charge is 0.496 e. The number of amides is 2. The number of halogens is 3. The van der Waals surface area contributed by atoms with E-state index in [1.807, 2.05) is 31.2 Å². The van der Waals surface area contributed by atoms with Crippen LogP contribution in [0.1, 0.15) is 37.0 Å². The molecule has 3 aromatic carbocycles. The Morgan fingerprint density at radius 2 is 1.84 bits per heavy atom. The average Bonchev–Trinajstić information content (AvgIpc) is 2.89. The van der Waals surface area contributed by atoms with Gasteiger partial charge in [-0.15, -0.1) is 0 Å². The van der Waals surface area contributed by atoms with Crippen LogP contribution >= 0.6 is 0 Å². The van der Waals surface area contributed by atoms with Gasteiger partial charge in [-0.2, -0.15) is 13.2 Å². The van der Waals surface area contributed by atoms with Gasteiger partial charge in [0, 0.05) is 17.3 Å². The predicted molar refractivity (Wildman–Crippen MR) is 139 cm³/mol. The van der Waals surface area contributed by atoms with Crippen molar-refractivity contribution in [2.45, 2.75) is 51.5 Å². The maximum atomic E-state index is 13.2. The number of benzene rings is 3. The minimum absolute atomic E-state index is 0.0815. The van der Waals surface area contributed by atoms with Gasteiger partial charge in [-0.3, -0.25) is 9.59 Å². The summed E-state index contributed by atoms with van der Waals surface area (Å²) in [6, 6.07) is 13.8. The Kier molecular flexibility index (Phi) is 9.15. The zero-order chi connectivity index (χ0) is 27.2. The lowest BCUT2D eigenvalue weighted by atomic mass is 9.99. The van der Waals surface area contributed by atoms with Crippen LogP contribution in [0.25, 0.3) is 10.8 Å². The topological polar surface area (TPSA) is 70.7 Å². The second-order valence-corrected chi connectivity index (χ2v) is 9.00. The molecule has 2 N–H and O–H groups in total. The fourth-order valence-corrected chi connectivity index (χ4v) is 4.20. The van der Waals surface area contributed by atoms with Crippen LogP contribution in [0, 0.1) is 0 Å². The second-order valence-electron chi connectivity index (χ2n) is 9.00. The molecule has 0 radical (unpaired) electrons. The second kappa shape index (κ2) is 12.1. The van der Waals surface area contributed by atoms with E-state index in [2.05, 4.69) is 10.6 Å². The lowest BCUT2D eigenvalue weighted by Crippen LogP contribution is -2.44. The molecule has 3 rings (SSSR count). The van der Waals surface area contributed by atoms with Crippen LogP contribution in [0.15, 0.2) is 54.6 Å². The summed E-state index contributed by atoms with van der Waals surface area (Å²) < 4.78 is 45.2. The number of anilines is 1. The van der Waals surface area contributed by atoms with Crippen molar-refractivity contribution < 1.29 is 27.5 Å². The number of fused-ring (bicyclic) bond motifs is 1. The molecule has 0 aliphatic heterocycles. The van der Waals surface area contributed by atoms with E-state index in [0.717, 1.165) is 17.7 Å². The molecular formula is C28H32F3N3O3. The van der Waals surface area contributed by atoms with E-state index in [4.69, 9.17) is 4.74 Å². The molecule has 0 saturated carbocycles. The molecule has 6 nitrogen and oxygen atoms in total. The molecule has 2 amide bonds. The summed E-state index contributed by atoms with van der Waals surface area (Å²) in [6.07, 6.45) is -2.48. The number of carbonyl (C=O) groups excluding carboxylic acids is 2. The summed E-state index contributed by atoms with van der Waals surface area (Å²) in [5, 5.41) is 6.86. The average molecular weight is 516 g/mol. The Hall–Kier alpha value is -3.59. The number of carbonyl (C=O) groups is 2. The predicted octanol–water partition coefficient (Wildman–Crippen LogP) is 5.08. The fraction of sp³-hybridized carbons (Fsp3) is 0.357. The molecule has 0 fully saturated rings. The lowest BCUT2D eigenvalue weighted by Gasteiger charge is -2.24. The smallest absolute Gasteiger partial charge is 0.416 e. The molecule has 2 atom stereocenters. The molecular weight excluding hydrogens is 483 g/mol. The van der Waals surface area contributed by atoms with E-state index in [1.165, 1.54) is 18.1 Å². The number of nitrogens with zero attached hydrogens (tertiary/aromatic N) is 1. The van der Waals surface area contributed by atoms with E-state index in [1.54, 1.807) is 26.1 Å². The van der Waals surface area contributed by atoms with E-state index < -0.39 is 11.7 Å². The monoisotopic (exact) mass is 515 g/mol. The Labute approximate surface area is 214 Å². The van der Waals surface area contributed by atoms with Gasteiger partial charge in [0.25, 0.3) is 0 Å². The Bertz CT molecular complexity index is 1250. The fourth-order valence-electron chi connectivity index (χ4n) is 4.20. The van der Waals surface area contributed by atoms with Crippen LogP contribution in [-0.4, -0.2) is 38.6 Å². The van der Waals surface area contributed by atoms with Crippen LogP contribution in [0.3, 0.4) is 0 Å². The van der Waals surface area contributed by atoms with Crippen molar-refractivity contribution in [1.82, 2.24) is 10.6 Å². The first-order valence-electron chi connectivity index (χ1n) is 12.0. The number of aryl methyl sites for hydroxylation is 1. The van der Waals surface area contributed by atoms with E-state index in [-0.39, 0.29) is 24.5 Å². The zero-order valence-corrected chi connectivity index (χ0v) is 21.4. The Morgan fingerprint density at radius 3 is 2.49 bits per heavy atom. The van der Waals surface area contributed by atoms with Gasteiger partial charge in [0.1, 0.15) is 5.75 Å². The number of hydrogen-bond acceptors (Lipinski definition) is 4. The summed E-state index contributed by atoms with van der Waals surface area (Å²) in [5.41, 5.74) is 1.47. The van der Waals surface area contributed by atoms with Gasteiger partial charge in [0.15, 0.2) is 0 Å². The molecule has 1 unspecified atom stereocenters. The molecule has 9 heteroatoms. The lowest BCUT2D eigenvalue weighted by molar-refractivity contribution is -0.137.